The van der Waals surface area contributed by atoms with Crippen LogP contribution in [0.2, 0.25) is 6.55 Å². The molecule has 1 atom stereocenters. The van der Waals surface area contributed by atoms with Gasteiger partial charge in [-0.2, -0.15) is 0 Å². The van der Waals surface area contributed by atoms with Gasteiger partial charge in [0, 0.05) is 0 Å². The molecule has 0 aliphatic rings. The fourth-order valence-electron chi connectivity index (χ4n) is 0.434. The molecular weight excluding hydrogens is 240 g/mol. The van der Waals surface area contributed by atoms with Gasteiger partial charge in [-0.05, 0) is 6.55 Å². The zero-order valence-corrected chi connectivity index (χ0v) is 15.0. The molecule has 0 aromatic heterocycles. The van der Waals surface area contributed by atoms with Gasteiger partial charge in [0.1, 0.15) is 10.5 Å². The Hall–Kier alpha value is 0.664. The molecule has 0 N–H and O–H groups in total. The molecular formula is C3H16O4Si5. The van der Waals surface area contributed by atoms with E-state index in [4.69, 9.17) is 16.5 Å². The van der Waals surface area contributed by atoms with Crippen molar-refractivity contribution < 1.29 is 16.5 Å². The smallest absolute Gasteiger partial charge is 0.286 e. The van der Waals surface area contributed by atoms with Crippen LogP contribution in [0.15, 0.2) is 12.3 Å². The summed E-state index contributed by atoms with van der Waals surface area (Å²) in [6, 6.07) is 0. The van der Waals surface area contributed by atoms with E-state index in [9.17, 15) is 0 Å². The Kier molecular flexibility index (Phi) is 10.3. The standard InChI is InChI=1S/C3H16O4Si5/c1-3-12(2)7-11-6-10-5-9-4-8/h3,12H,1,9-11H2,2,8H3. The maximum Gasteiger partial charge on any atom is 0.286 e. The van der Waals surface area contributed by atoms with Crippen molar-refractivity contribution in [1.29, 1.82) is 0 Å². The summed E-state index contributed by atoms with van der Waals surface area (Å²) in [6.07, 6.45) is 0. The molecule has 0 aliphatic carbocycles. The third kappa shape index (κ3) is 8.76. The van der Waals surface area contributed by atoms with Crippen LogP contribution in [0.3, 0.4) is 0 Å². The third-order valence-electron chi connectivity index (χ3n) is 1.11. The van der Waals surface area contributed by atoms with Gasteiger partial charge < -0.3 is 16.5 Å². The maximum absolute atomic E-state index is 5.45. The van der Waals surface area contributed by atoms with E-state index in [1.807, 2.05) is 5.70 Å². The summed E-state index contributed by atoms with van der Waals surface area (Å²) in [5.41, 5.74) is 1.90. The van der Waals surface area contributed by atoms with Crippen molar-refractivity contribution in [2.45, 2.75) is 6.55 Å². The van der Waals surface area contributed by atoms with Crippen LogP contribution in [-0.2, 0) is 16.5 Å². The van der Waals surface area contributed by atoms with E-state index in [-0.39, 0.29) is 0 Å². The summed E-state index contributed by atoms with van der Waals surface area (Å²) in [5, 5.41) is 0. The molecule has 0 bridgehead atoms. The minimum absolute atomic E-state index is 0.675. The second kappa shape index (κ2) is 9.75. The van der Waals surface area contributed by atoms with E-state index in [2.05, 4.69) is 13.1 Å². The van der Waals surface area contributed by atoms with Gasteiger partial charge in [0.25, 0.3) is 30.0 Å². The molecule has 0 aliphatic heterocycles. The average Bonchev–Trinajstić information content (AvgIpc) is 2.10. The van der Waals surface area contributed by atoms with Gasteiger partial charge in [-0.1, -0.05) is 5.70 Å². The fraction of sp³-hybridized carbons (Fsp3) is 0.333. The molecule has 4 nitrogen and oxygen atoms in total. The topological polar surface area (TPSA) is 36.9 Å². The fourth-order valence-corrected chi connectivity index (χ4v) is 7.33. The Labute approximate surface area is 85.1 Å². The van der Waals surface area contributed by atoms with Crippen molar-refractivity contribution in [1.82, 2.24) is 0 Å². The van der Waals surface area contributed by atoms with Crippen LogP contribution in [0.5, 0.6) is 0 Å². The normalized spacial score (nSPS) is 16.1. The van der Waals surface area contributed by atoms with Crippen LogP contribution in [0.25, 0.3) is 0 Å². The summed E-state index contributed by atoms with van der Waals surface area (Å²) in [5.74, 6) is 0. The molecule has 0 aromatic carbocycles. The van der Waals surface area contributed by atoms with E-state index in [1.54, 1.807) is 0 Å². The Balaban J connectivity index is 2.95. The molecule has 0 fully saturated rings. The molecule has 9 heteroatoms. The highest BCUT2D eigenvalue weighted by Crippen LogP contribution is 1.83. The van der Waals surface area contributed by atoms with Crippen LogP contribution in [0.4, 0.5) is 0 Å². The molecule has 12 heavy (non-hydrogen) atoms. The van der Waals surface area contributed by atoms with Gasteiger partial charge in [-0.3, -0.25) is 0 Å². The second-order valence-electron chi connectivity index (χ2n) is 2.16. The zero-order chi connectivity index (χ0) is 9.23. The first-order valence-corrected chi connectivity index (χ1v) is 10.3. The molecule has 72 valence electrons. The molecule has 0 amide bonds. The predicted octanol–water partition coefficient (Wildman–Crippen LogP) is -3.59. The van der Waals surface area contributed by atoms with Gasteiger partial charge in [0.05, 0.1) is 0 Å². The lowest BCUT2D eigenvalue weighted by molar-refractivity contribution is 0.406. The second-order valence-corrected chi connectivity index (χ2v) is 11.7. The maximum atomic E-state index is 5.45. The van der Waals surface area contributed by atoms with Crippen molar-refractivity contribution in [3.63, 3.8) is 0 Å². The first-order chi connectivity index (χ1) is 5.81. The Morgan fingerprint density at radius 1 is 1.33 bits per heavy atom. The molecule has 0 aromatic rings. The summed E-state index contributed by atoms with van der Waals surface area (Å²) in [4.78, 5) is 0. The number of hydrogen-bond donors (Lipinski definition) is 0. The van der Waals surface area contributed by atoms with E-state index < -0.39 is 39.1 Å². The Morgan fingerprint density at radius 2 is 2.00 bits per heavy atom. The highest BCUT2D eigenvalue weighted by atomic mass is 28.4. The summed E-state index contributed by atoms with van der Waals surface area (Å²) < 4.78 is 20.9. The van der Waals surface area contributed by atoms with Crippen LogP contribution >= 0.6 is 0 Å². The average molecular weight is 257 g/mol. The van der Waals surface area contributed by atoms with Crippen LogP contribution in [0, 0.1) is 0 Å². The SMILES string of the molecule is C=C[SiH](C)O[SiH2]O[SiH2]O[SiH2]O[SiH3]. The minimum Gasteiger partial charge on any atom is -0.449 e. The van der Waals surface area contributed by atoms with Crippen molar-refractivity contribution in [2.24, 2.45) is 0 Å². The Bertz CT molecular complexity index is 113. The highest BCUT2D eigenvalue weighted by molar-refractivity contribution is 6.61. The summed E-state index contributed by atoms with van der Waals surface area (Å²) >= 11 is 0. The monoisotopic (exact) mass is 256 g/mol. The van der Waals surface area contributed by atoms with Gasteiger partial charge in [-0.25, -0.2) is 0 Å². The quantitative estimate of drug-likeness (QED) is 0.332. The van der Waals surface area contributed by atoms with E-state index in [0.29, 0.717) is 0 Å². The number of hydrogen-bond acceptors (Lipinski definition) is 4. The zero-order valence-electron chi connectivity index (χ0n) is 7.62. The van der Waals surface area contributed by atoms with E-state index >= 15 is 0 Å². The predicted molar refractivity (Wildman–Crippen MR) is 63.1 cm³/mol. The number of rotatable bonds is 8. The molecule has 1 unspecified atom stereocenters. The highest BCUT2D eigenvalue weighted by Gasteiger charge is 1.97. The molecule has 0 spiro atoms. The van der Waals surface area contributed by atoms with Crippen molar-refractivity contribution in [2.75, 3.05) is 0 Å². The molecule has 0 saturated heterocycles. The van der Waals surface area contributed by atoms with Gasteiger partial charge >= 0.3 is 0 Å². The van der Waals surface area contributed by atoms with Gasteiger partial charge in [-0.15, -0.1) is 6.58 Å². The van der Waals surface area contributed by atoms with Crippen LogP contribution in [0.1, 0.15) is 0 Å². The van der Waals surface area contributed by atoms with Crippen molar-refractivity contribution >= 4 is 49.5 Å². The lowest BCUT2D eigenvalue weighted by Gasteiger charge is -2.07. The van der Waals surface area contributed by atoms with E-state index in [1.165, 1.54) is 0 Å². The lowest BCUT2D eigenvalue weighted by atomic mass is 11.3. The molecule has 0 heterocycles. The van der Waals surface area contributed by atoms with Crippen molar-refractivity contribution in [3.05, 3.63) is 12.3 Å². The molecule has 0 saturated carbocycles. The van der Waals surface area contributed by atoms with Gasteiger partial charge in [0.15, 0.2) is 9.04 Å². The van der Waals surface area contributed by atoms with Crippen LogP contribution in [-0.4, -0.2) is 49.5 Å². The third-order valence-corrected chi connectivity index (χ3v) is 8.03. The van der Waals surface area contributed by atoms with Gasteiger partial charge in [0.2, 0.25) is 0 Å². The summed E-state index contributed by atoms with van der Waals surface area (Å²) in [6.45, 7) is 5.75. The summed E-state index contributed by atoms with van der Waals surface area (Å²) in [7, 11) is -2.51. The first-order valence-electron chi connectivity index (χ1n) is 3.69. The Morgan fingerprint density at radius 3 is 2.58 bits per heavy atom. The van der Waals surface area contributed by atoms with E-state index in [0.717, 1.165) is 10.5 Å². The molecule has 0 rings (SSSR count). The largest absolute Gasteiger partial charge is 0.449 e. The van der Waals surface area contributed by atoms with Crippen LogP contribution < -0.4 is 0 Å². The lowest BCUT2D eigenvalue weighted by Crippen LogP contribution is -2.19. The van der Waals surface area contributed by atoms with Crippen molar-refractivity contribution in [3.8, 4) is 0 Å². The minimum atomic E-state index is -1.09. The molecule has 0 radical (unpaired) electrons. The first kappa shape index (κ1) is 12.7.